The van der Waals surface area contributed by atoms with E-state index in [9.17, 15) is 5.11 Å². The van der Waals surface area contributed by atoms with Gasteiger partial charge in [-0.1, -0.05) is 40.7 Å². The lowest BCUT2D eigenvalue weighted by Crippen LogP contribution is -2.01. The molecule has 112 valence electrons. The molecule has 0 aliphatic heterocycles. The summed E-state index contributed by atoms with van der Waals surface area (Å²) in [6.07, 6.45) is 3.88. The van der Waals surface area contributed by atoms with E-state index in [4.69, 9.17) is 0 Å². The molecule has 0 saturated carbocycles. The Kier molecular flexibility index (Phi) is 6.25. The number of aromatic hydroxyl groups is 1. The first kappa shape index (κ1) is 16.7. The lowest BCUT2D eigenvalue weighted by atomic mass is 9.93. The number of benzene rings is 1. The van der Waals surface area contributed by atoms with Gasteiger partial charge in [0.2, 0.25) is 0 Å². The zero-order chi connectivity index (χ0) is 15.3. The smallest absolute Gasteiger partial charge is 0.127 e. The summed E-state index contributed by atoms with van der Waals surface area (Å²) in [6.45, 7) is 12.9. The first-order valence-corrected chi connectivity index (χ1v) is 7.74. The SMILES string of the molecule is CCC(C)N=Cc1cc(CC(C)C)cc(C(C)C)c1O. The lowest BCUT2D eigenvalue weighted by Gasteiger charge is -2.15. The van der Waals surface area contributed by atoms with Gasteiger partial charge in [-0.3, -0.25) is 4.99 Å². The summed E-state index contributed by atoms with van der Waals surface area (Å²) in [6, 6.07) is 4.51. The van der Waals surface area contributed by atoms with Crippen molar-refractivity contribution in [2.75, 3.05) is 0 Å². The average Bonchev–Trinajstić information content (AvgIpc) is 2.37. The number of hydrogen-bond acceptors (Lipinski definition) is 2. The van der Waals surface area contributed by atoms with Crippen molar-refractivity contribution in [2.24, 2.45) is 10.9 Å². The lowest BCUT2D eigenvalue weighted by molar-refractivity contribution is 0.463. The molecule has 20 heavy (non-hydrogen) atoms. The average molecular weight is 275 g/mol. The van der Waals surface area contributed by atoms with E-state index in [0.717, 1.165) is 24.0 Å². The first-order valence-electron chi connectivity index (χ1n) is 7.74. The summed E-state index contributed by atoms with van der Waals surface area (Å²) in [4.78, 5) is 4.51. The van der Waals surface area contributed by atoms with Gasteiger partial charge in [-0.25, -0.2) is 0 Å². The van der Waals surface area contributed by atoms with Crippen LogP contribution in [0.3, 0.4) is 0 Å². The number of rotatable bonds is 6. The molecule has 0 aliphatic carbocycles. The molecule has 0 radical (unpaired) electrons. The van der Waals surface area contributed by atoms with Crippen molar-refractivity contribution < 1.29 is 5.11 Å². The van der Waals surface area contributed by atoms with Gasteiger partial charge in [-0.05, 0) is 48.8 Å². The topological polar surface area (TPSA) is 32.6 Å². The van der Waals surface area contributed by atoms with Crippen molar-refractivity contribution in [3.8, 4) is 5.75 Å². The van der Waals surface area contributed by atoms with Crippen LogP contribution in [0.4, 0.5) is 0 Å². The van der Waals surface area contributed by atoms with Crippen molar-refractivity contribution in [1.29, 1.82) is 0 Å². The van der Waals surface area contributed by atoms with Gasteiger partial charge in [0, 0.05) is 17.8 Å². The van der Waals surface area contributed by atoms with Crippen molar-refractivity contribution in [2.45, 2.75) is 66.3 Å². The standard InChI is InChI=1S/C18H29NO/c1-7-14(6)19-11-16-9-15(8-12(2)3)10-17(13(4)5)18(16)20/h9-14,20H,7-8H2,1-6H3. The molecule has 0 fully saturated rings. The maximum absolute atomic E-state index is 10.4. The van der Waals surface area contributed by atoms with Crippen molar-refractivity contribution >= 4 is 6.21 Å². The number of aliphatic imine (C=N–C) groups is 1. The van der Waals surface area contributed by atoms with Gasteiger partial charge in [-0.2, -0.15) is 0 Å². The number of nitrogens with zero attached hydrogens (tertiary/aromatic N) is 1. The third-order valence-corrected chi connectivity index (χ3v) is 3.55. The van der Waals surface area contributed by atoms with E-state index in [-0.39, 0.29) is 0 Å². The maximum Gasteiger partial charge on any atom is 0.127 e. The molecular formula is C18H29NO. The second kappa shape index (κ2) is 7.47. The van der Waals surface area contributed by atoms with Crippen LogP contribution in [-0.2, 0) is 6.42 Å². The van der Waals surface area contributed by atoms with Gasteiger partial charge in [-0.15, -0.1) is 0 Å². The minimum absolute atomic E-state index is 0.297. The Labute approximate surface area is 124 Å². The highest BCUT2D eigenvalue weighted by molar-refractivity contribution is 5.84. The largest absolute Gasteiger partial charge is 0.507 e. The van der Waals surface area contributed by atoms with Crippen molar-refractivity contribution in [3.05, 3.63) is 28.8 Å². The molecule has 0 aliphatic rings. The molecule has 0 saturated heterocycles. The summed E-state index contributed by atoms with van der Waals surface area (Å²) >= 11 is 0. The van der Waals surface area contributed by atoms with E-state index in [2.05, 4.69) is 58.7 Å². The molecule has 1 N–H and O–H groups in total. The molecule has 1 aromatic carbocycles. The van der Waals surface area contributed by atoms with Crippen LogP contribution in [-0.4, -0.2) is 17.4 Å². The summed E-state index contributed by atoms with van der Waals surface area (Å²) in [5.74, 6) is 1.32. The van der Waals surface area contributed by atoms with Crippen LogP contribution in [0.15, 0.2) is 17.1 Å². The van der Waals surface area contributed by atoms with Gasteiger partial charge < -0.3 is 5.11 Å². The monoisotopic (exact) mass is 275 g/mol. The number of phenols is 1. The van der Waals surface area contributed by atoms with Crippen molar-refractivity contribution in [1.82, 2.24) is 0 Å². The Morgan fingerprint density at radius 1 is 1.15 bits per heavy atom. The molecule has 0 aromatic heterocycles. The predicted octanol–water partition coefficient (Wildman–Crippen LogP) is 4.93. The van der Waals surface area contributed by atoms with Gasteiger partial charge in [0.1, 0.15) is 5.75 Å². The quantitative estimate of drug-likeness (QED) is 0.733. The highest BCUT2D eigenvalue weighted by Gasteiger charge is 2.12. The second-order valence-corrected chi connectivity index (χ2v) is 6.41. The third kappa shape index (κ3) is 4.66. The molecule has 0 bridgehead atoms. The van der Waals surface area contributed by atoms with E-state index in [1.54, 1.807) is 0 Å². The fourth-order valence-corrected chi connectivity index (χ4v) is 2.19. The van der Waals surface area contributed by atoms with Gasteiger partial charge in [0.15, 0.2) is 0 Å². The highest BCUT2D eigenvalue weighted by Crippen LogP contribution is 2.30. The molecule has 0 spiro atoms. The molecule has 1 aromatic rings. The Hall–Kier alpha value is -1.31. The van der Waals surface area contributed by atoms with Gasteiger partial charge >= 0.3 is 0 Å². The molecule has 0 heterocycles. The van der Waals surface area contributed by atoms with Crippen LogP contribution in [0.1, 0.15) is 70.6 Å². The molecule has 1 unspecified atom stereocenters. The molecule has 1 atom stereocenters. The minimum atomic E-state index is 0.297. The molecule has 2 heteroatoms. The van der Waals surface area contributed by atoms with E-state index in [0.29, 0.717) is 23.6 Å². The van der Waals surface area contributed by atoms with Crippen LogP contribution >= 0.6 is 0 Å². The van der Waals surface area contributed by atoms with Crippen LogP contribution in [0.25, 0.3) is 0 Å². The minimum Gasteiger partial charge on any atom is -0.507 e. The van der Waals surface area contributed by atoms with E-state index in [1.807, 2.05) is 6.21 Å². The van der Waals surface area contributed by atoms with Gasteiger partial charge in [0.25, 0.3) is 0 Å². The Balaban J connectivity index is 3.20. The number of phenolic OH excluding ortho intramolecular Hbond substituents is 1. The van der Waals surface area contributed by atoms with Crippen molar-refractivity contribution in [3.63, 3.8) is 0 Å². The van der Waals surface area contributed by atoms with Crippen LogP contribution in [0.5, 0.6) is 5.75 Å². The summed E-state index contributed by atoms with van der Waals surface area (Å²) in [5, 5.41) is 10.4. The third-order valence-electron chi connectivity index (χ3n) is 3.55. The first-order chi connectivity index (χ1) is 9.35. The van der Waals surface area contributed by atoms with Crippen LogP contribution < -0.4 is 0 Å². The van der Waals surface area contributed by atoms with E-state index in [1.165, 1.54) is 5.56 Å². The fourth-order valence-electron chi connectivity index (χ4n) is 2.19. The Morgan fingerprint density at radius 2 is 1.80 bits per heavy atom. The van der Waals surface area contributed by atoms with E-state index < -0.39 is 0 Å². The molecule has 2 nitrogen and oxygen atoms in total. The van der Waals surface area contributed by atoms with Crippen LogP contribution in [0, 0.1) is 5.92 Å². The Bertz CT molecular complexity index is 461. The Morgan fingerprint density at radius 3 is 2.30 bits per heavy atom. The maximum atomic E-state index is 10.4. The zero-order valence-corrected chi connectivity index (χ0v) is 13.8. The summed E-state index contributed by atoms with van der Waals surface area (Å²) < 4.78 is 0. The zero-order valence-electron chi connectivity index (χ0n) is 13.8. The predicted molar refractivity (Wildman–Crippen MR) is 88.1 cm³/mol. The summed E-state index contributed by atoms with van der Waals surface area (Å²) in [7, 11) is 0. The van der Waals surface area contributed by atoms with Gasteiger partial charge in [0.05, 0.1) is 0 Å². The molecule has 1 rings (SSSR count). The highest BCUT2D eigenvalue weighted by atomic mass is 16.3. The molecular weight excluding hydrogens is 246 g/mol. The second-order valence-electron chi connectivity index (χ2n) is 6.41. The summed E-state index contributed by atoms with van der Waals surface area (Å²) in [5.41, 5.74) is 3.16. The molecule has 0 amide bonds. The fraction of sp³-hybridized carbons (Fsp3) is 0.611. The number of hydrogen-bond donors (Lipinski definition) is 1. The normalized spacial score (nSPS) is 13.6. The van der Waals surface area contributed by atoms with Crippen LogP contribution in [0.2, 0.25) is 0 Å². The van der Waals surface area contributed by atoms with E-state index >= 15 is 0 Å².